The Morgan fingerprint density at radius 1 is 1.15 bits per heavy atom. The Morgan fingerprint density at radius 2 is 1.85 bits per heavy atom. The molecule has 0 spiro atoms. The third-order valence-electron chi connectivity index (χ3n) is 2.50. The number of hydrazone groups is 1. The number of benzene rings is 2. The van der Waals surface area contributed by atoms with Crippen molar-refractivity contribution in [1.82, 2.24) is 5.43 Å². The van der Waals surface area contributed by atoms with E-state index in [0.29, 0.717) is 21.2 Å². The zero-order chi connectivity index (χ0) is 14.5. The number of hydrogen-bond acceptors (Lipinski definition) is 3. The van der Waals surface area contributed by atoms with E-state index in [9.17, 15) is 9.90 Å². The van der Waals surface area contributed by atoms with Crippen molar-refractivity contribution in [3.63, 3.8) is 0 Å². The Labute approximate surface area is 125 Å². The summed E-state index contributed by atoms with van der Waals surface area (Å²) in [4.78, 5) is 11.8. The SMILES string of the molecule is O=C(NN=Cc1c(O)cccc1Cl)c1ccc(Cl)cc1. The molecule has 0 aliphatic rings. The highest BCUT2D eigenvalue weighted by molar-refractivity contribution is 6.33. The Hall–Kier alpha value is -2.04. The van der Waals surface area contributed by atoms with Crippen molar-refractivity contribution >= 4 is 35.3 Å². The van der Waals surface area contributed by atoms with Gasteiger partial charge in [-0.15, -0.1) is 0 Å². The predicted molar refractivity (Wildman–Crippen MR) is 79.6 cm³/mol. The predicted octanol–water partition coefficient (Wildman–Crippen LogP) is 3.46. The molecular weight excluding hydrogens is 299 g/mol. The third kappa shape index (κ3) is 3.50. The minimum Gasteiger partial charge on any atom is -0.507 e. The lowest BCUT2D eigenvalue weighted by atomic mass is 10.2. The molecular formula is C14H10Cl2N2O2. The number of phenolic OH excluding ortho intramolecular Hbond substituents is 1. The van der Waals surface area contributed by atoms with Gasteiger partial charge in [-0.05, 0) is 36.4 Å². The fourth-order valence-electron chi connectivity index (χ4n) is 1.47. The zero-order valence-electron chi connectivity index (χ0n) is 10.2. The van der Waals surface area contributed by atoms with Crippen molar-refractivity contribution in [3.8, 4) is 5.75 Å². The summed E-state index contributed by atoms with van der Waals surface area (Å²) in [6.45, 7) is 0. The van der Waals surface area contributed by atoms with Crippen LogP contribution < -0.4 is 5.43 Å². The first-order valence-electron chi connectivity index (χ1n) is 5.64. The normalized spacial score (nSPS) is 10.7. The highest BCUT2D eigenvalue weighted by Crippen LogP contribution is 2.22. The standard InChI is InChI=1S/C14H10Cl2N2O2/c15-10-6-4-9(5-7-10)14(20)18-17-8-11-12(16)2-1-3-13(11)19/h1-8,19H,(H,18,20). The van der Waals surface area contributed by atoms with Gasteiger partial charge in [0.15, 0.2) is 0 Å². The molecule has 0 aliphatic heterocycles. The van der Waals surface area contributed by atoms with Crippen molar-refractivity contribution < 1.29 is 9.90 Å². The van der Waals surface area contributed by atoms with E-state index in [4.69, 9.17) is 23.2 Å². The average Bonchev–Trinajstić information content (AvgIpc) is 2.42. The molecule has 0 saturated heterocycles. The molecule has 0 bridgehead atoms. The summed E-state index contributed by atoms with van der Waals surface area (Å²) in [5.41, 5.74) is 3.10. The van der Waals surface area contributed by atoms with Gasteiger partial charge in [0.25, 0.3) is 5.91 Å². The summed E-state index contributed by atoms with van der Waals surface area (Å²) < 4.78 is 0. The molecule has 0 saturated carbocycles. The number of halogens is 2. The van der Waals surface area contributed by atoms with E-state index in [-0.39, 0.29) is 11.7 Å². The smallest absolute Gasteiger partial charge is 0.271 e. The van der Waals surface area contributed by atoms with Gasteiger partial charge >= 0.3 is 0 Å². The largest absolute Gasteiger partial charge is 0.507 e. The van der Waals surface area contributed by atoms with Crippen molar-refractivity contribution in [1.29, 1.82) is 0 Å². The van der Waals surface area contributed by atoms with E-state index < -0.39 is 0 Å². The fourth-order valence-corrected chi connectivity index (χ4v) is 1.82. The molecule has 20 heavy (non-hydrogen) atoms. The first kappa shape index (κ1) is 14.4. The van der Waals surface area contributed by atoms with Crippen molar-refractivity contribution in [2.45, 2.75) is 0 Å². The number of amides is 1. The van der Waals surface area contributed by atoms with Gasteiger partial charge in [-0.2, -0.15) is 5.10 Å². The molecule has 0 heterocycles. The van der Waals surface area contributed by atoms with Crippen molar-refractivity contribution in [2.24, 2.45) is 5.10 Å². The number of nitrogens with one attached hydrogen (secondary N) is 1. The lowest BCUT2D eigenvalue weighted by Crippen LogP contribution is -2.17. The molecule has 4 nitrogen and oxygen atoms in total. The quantitative estimate of drug-likeness (QED) is 0.674. The molecule has 6 heteroatoms. The van der Waals surface area contributed by atoms with E-state index in [0.717, 1.165) is 0 Å². The number of aromatic hydroxyl groups is 1. The van der Waals surface area contributed by atoms with Crippen LogP contribution in [0.4, 0.5) is 0 Å². The number of phenols is 1. The molecule has 0 atom stereocenters. The highest BCUT2D eigenvalue weighted by Gasteiger charge is 2.05. The molecule has 2 N–H and O–H groups in total. The highest BCUT2D eigenvalue weighted by atomic mass is 35.5. The summed E-state index contributed by atoms with van der Waals surface area (Å²) in [7, 11) is 0. The van der Waals surface area contributed by atoms with Crippen LogP contribution in [-0.4, -0.2) is 17.2 Å². The van der Waals surface area contributed by atoms with Gasteiger partial charge in [0, 0.05) is 10.6 Å². The number of rotatable bonds is 3. The Kier molecular flexibility index (Phi) is 4.61. The van der Waals surface area contributed by atoms with Crippen molar-refractivity contribution in [2.75, 3.05) is 0 Å². The first-order valence-corrected chi connectivity index (χ1v) is 6.40. The molecule has 2 rings (SSSR count). The van der Waals surface area contributed by atoms with Crippen LogP contribution in [0.25, 0.3) is 0 Å². The van der Waals surface area contributed by atoms with E-state index in [1.807, 2.05) is 0 Å². The molecule has 0 aliphatic carbocycles. The molecule has 0 unspecified atom stereocenters. The van der Waals surface area contributed by atoms with E-state index in [1.165, 1.54) is 12.3 Å². The van der Waals surface area contributed by atoms with E-state index in [1.54, 1.807) is 36.4 Å². The van der Waals surface area contributed by atoms with Gasteiger partial charge in [-0.1, -0.05) is 29.3 Å². The van der Waals surface area contributed by atoms with E-state index in [2.05, 4.69) is 10.5 Å². The van der Waals surface area contributed by atoms with Gasteiger partial charge in [-0.25, -0.2) is 5.43 Å². The van der Waals surface area contributed by atoms with Crippen LogP contribution in [0.3, 0.4) is 0 Å². The molecule has 0 fully saturated rings. The molecule has 102 valence electrons. The summed E-state index contributed by atoms with van der Waals surface area (Å²) in [5.74, 6) is -0.397. The van der Waals surface area contributed by atoms with Gasteiger partial charge in [0.05, 0.1) is 16.8 Å². The van der Waals surface area contributed by atoms with Gasteiger partial charge in [0.2, 0.25) is 0 Å². The van der Waals surface area contributed by atoms with Crippen LogP contribution in [0.1, 0.15) is 15.9 Å². The number of hydrogen-bond donors (Lipinski definition) is 2. The van der Waals surface area contributed by atoms with Crippen LogP contribution >= 0.6 is 23.2 Å². The molecule has 0 radical (unpaired) electrons. The van der Waals surface area contributed by atoms with Gasteiger partial charge in [-0.3, -0.25) is 4.79 Å². The van der Waals surface area contributed by atoms with Crippen LogP contribution in [0.15, 0.2) is 47.6 Å². The van der Waals surface area contributed by atoms with Gasteiger partial charge < -0.3 is 5.11 Å². The number of carbonyl (C=O) groups excluding carboxylic acids is 1. The zero-order valence-corrected chi connectivity index (χ0v) is 11.7. The summed E-state index contributed by atoms with van der Waals surface area (Å²) >= 11 is 11.6. The minimum atomic E-state index is -0.385. The second kappa shape index (κ2) is 6.41. The minimum absolute atomic E-state index is 0.0120. The maximum Gasteiger partial charge on any atom is 0.271 e. The van der Waals surface area contributed by atoms with E-state index >= 15 is 0 Å². The van der Waals surface area contributed by atoms with Gasteiger partial charge in [0.1, 0.15) is 5.75 Å². The lowest BCUT2D eigenvalue weighted by molar-refractivity contribution is 0.0955. The topological polar surface area (TPSA) is 61.7 Å². The summed E-state index contributed by atoms with van der Waals surface area (Å²) in [6, 6.07) is 11.1. The third-order valence-corrected chi connectivity index (χ3v) is 3.08. The Balaban J connectivity index is 2.06. The lowest BCUT2D eigenvalue weighted by Gasteiger charge is -2.02. The second-order valence-electron chi connectivity index (χ2n) is 3.88. The maximum absolute atomic E-state index is 11.8. The average molecular weight is 309 g/mol. The fraction of sp³-hybridized carbons (Fsp3) is 0. The Morgan fingerprint density at radius 3 is 2.50 bits per heavy atom. The van der Waals surface area contributed by atoms with Crippen LogP contribution in [0, 0.1) is 0 Å². The molecule has 1 amide bonds. The number of nitrogens with zero attached hydrogens (tertiary/aromatic N) is 1. The van der Waals surface area contributed by atoms with Crippen LogP contribution in [0.2, 0.25) is 10.0 Å². The van der Waals surface area contributed by atoms with Crippen LogP contribution in [-0.2, 0) is 0 Å². The number of carbonyl (C=O) groups is 1. The molecule has 2 aromatic carbocycles. The summed E-state index contributed by atoms with van der Waals surface area (Å²) in [6.07, 6.45) is 1.28. The second-order valence-corrected chi connectivity index (χ2v) is 4.72. The summed E-state index contributed by atoms with van der Waals surface area (Å²) in [5, 5.41) is 14.3. The Bertz CT molecular complexity index is 634. The molecule has 2 aromatic rings. The monoisotopic (exact) mass is 308 g/mol. The molecule has 0 aromatic heterocycles. The maximum atomic E-state index is 11.8. The van der Waals surface area contributed by atoms with Crippen LogP contribution in [0.5, 0.6) is 5.75 Å². The first-order chi connectivity index (χ1) is 9.58. The van der Waals surface area contributed by atoms with Crippen molar-refractivity contribution in [3.05, 3.63) is 63.6 Å².